The van der Waals surface area contributed by atoms with E-state index in [1.807, 2.05) is 48.7 Å². The van der Waals surface area contributed by atoms with Gasteiger partial charge < -0.3 is 24.3 Å². The van der Waals surface area contributed by atoms with Crippen LogP contribution in [0, 0.1) is 6.92 Å². The fourth-order valence-electron chi connectivity index (χ4n) is 4.41. The normalized spacial score (nSPS) is 16.4. The number of fused-ring (bicyclic) bond motifs is 1. The van der Waals surface area contributed by atoms with E-state index < -0.39 is 0 Å². The van der Waals surface area contributed by atoms with Crippen molar-refractivity contribution in [2.24, 2.45) is 0 Å². The van der Waals surface area contributed by atoms with E-state index in [4.69, 9.17) is 18.9 Å². The van der Waals surface area contributed by atoms with Crippen molar-refractivity contribution in [3.05, 3.63) is 75.7 Å². The highest BCUT2D eigenvalue weighted by molar-refractivity contribution is 7.09. The first-order valence-corrected chi connectivity index (χ1v) is 12.6. The van der Waals surface area contributed by atoms with Crippen molar-refractivity contribution in [3.63, 3.8) is 0 Å². The molecule has 1 saturated heterocycles. The van der Waals surface area contributed by atoms with E-state index in [2.05, 4.69) is 16.4 Å². The lowest BCUT2D eigenvalue weighted by molar-refractivity contribution is -0.116. The third-order valence-corrected chi connectivity index (χ3v) is 7.23. The molecule has 0 atom stereocenters. The second-order valence-corrected chi connectivity index (χ2v) is 9.76. The molecule has 2 aromatic carbocycles. The number of rotatable bonds is 8. The van der Waals surface area contributed by atoms with Crippen LogP contribution >= 0.6 is 11.3 Å². The summed E-state index contributed by atoms with van der Waals surface area (Å²) in [5.74, 6) is 2.07. The van der Waals surface area contributed by atoms with Crippen LogP contribution in [0.5, 0.6) is 17.2 Å². The predicted molar refractivity (Wildman–Crippen MR) is 134 cm³/mol. The van der Waals surface area contributed by atoms with Gasteiger partial charge in [0, 0.05) is 42.2 Å². The van der Waals surface area contributed by atoms with E-state index in [9.17, 15) is 4.79 Å². The van der Waals surface area contributed by atoms with Crippen molar-refractivity contribution in [1.29, 1.82) is 0 Å². The van der Waals surface area contributed by atoms with E-state index in [-0.39, 0.29) is 18.1 Å². The molecule has 0 unspecified atom stereocenters. The second-order valence-electron chi connectivity index (χ2n) is 8.70. The van der Waals surface area contributed by atoms with Gasteiger partial charge in [0.1, 0.15) is 12.4 Å². The molecular weight excluding hydrogens is 464 g/mol. The number of aromatic nitrogens is 1. The van der Waals surface area contributed by atoms with Crippen molar-refractivity contribution < 1.29 is 23.7 Å². The summed E-state index contributed by atoms with van der Waals surface area (Å²) in [6, 6.07) is 13.7. The standard InChI is InChI=1S/C27H28N2O5S/c1-19-29-22(16-35-19)15-32-23-5-3-2-4-20(23)6-9-26(30)28-17-27(10-12-31-13-11-27)21-7-8-24-25(14-21)34-18-33-24/h2-9,14,16H,10-13,15,17-18H2,1H3,(H,28,30)/b9-6+. The number of ether oxygens (including phenoxy) is 4. The highest BCUT2D eigenvalue weighted by atomic mass is 32.1. The third kappa shape index (κ3) is 5.49. The summed E-state index contributed by atoms with van der Waals surface area (Å²) in [7, 11) is 0. The molecule has 1 amide bonds. The van der Waals surface area contributed by atoms with Crippen molar-refractivity contribution >= 4 is 23.3 Å². The molecule has 8 heteroatoms. The van der Waals surface area contributed by atoms with Crippen LogP contribution < -0.4 is 19.5 Å². The van der Waals surface area contributed by atoms with Crippen LogP contribution in [0.3, 0.4) is 0 Å². The van der Waals surface area contributed by atoms with Gasteiger partial charge in [-0.15, -0.1) is 11.3 Å². The Morgan fingerprint density at radius 3 is 2.83 bits per heavy atom. The average molecular weight is 493 g/mol. The molecule has 3 aromatic rings. The van der Waals surface area contributed by atoms with Gasteiger partial charge in [-0.2, -0.15) is 0 Å². The van der Waals surface area contributed by atoms with Gasteiger partial charge in [0.15, 0.2) is 11.5 Å². The first kappa shape index (κ1) is 23.4. The Kier molecular flexibility index (Phi) is 7.01. The number of nitrogens with zero attached hydrogens (tertiary/aromatic N) is 1. The number of nitrogens with one attached hydrogen (secondary N) is 1. The van der Waals surface area contributed by atoms with E-state index in [0.717, 1.165) is 46.2 Å². The third-order valence-electron chi connectivity index (χ3n) is 6.41. The number of thiazole rings is 1. The first-order chi connectivity index (χ1) is 17.1. The van der Waals surface area contributed by atoms with E-state index in [1.165, 1.54) is 0 Å². The van der Waals surface area contributed by atoms with Crippen LogP contribution in [0.1, 0.15) is 34.7 Å². The van der Waals surface area contributed by atoms with Crippen molar-refractivity contribution in [1.82, 2.24) is 10.3 Å². The molecule has 0 bridgehead atoms. The van der Waals surface area contributed by atoms with E-state index in [0.29, 0.717) is 32.1 Å². The molecule has 182 valence electrons. The van der Waals surface area contributed by atoms with Gasteiger partial charge in [-0.25, -0.2) is 4.98 Å². The van der Waals surface area contributed by atoms with Crippen LogP contribution in [-0.4, -0.2) is 37.4 Å². The van der Waals surface area contributed by atoms with Gasteiger partial charge in [0.05, 0.1) is 10.7 Å². The fraction of sp³-hybridized carbons (Fsp3) is 0.333. The molecule has 1 fully saturated rings. The van der Waals surface area contributed by atoms with Crippen molar-refractivity contribution in [2.75, 3.05) is 26.6 Å². The molecule has 0 saturated carbocycles. The number of benzene rings is 2. The molecule has 0 radical (unpaired) electrons. The predicted octanol–water partition coefficient (Wildman–Crippen LogP) is 4.64. The zero-order valence-electron chi connectivity index (χ0n) is 19.6. The molecular formula is C27H28N2O5S. The smallest absolute Gasteiger partial charge is 0.244 e. The van der Waals surface area contributed by atoms with Crippen LogP contribution in [0.25, 0.3) is 6.08 Å². The molecule has 0 aliphatic carbocycles. The van der Waals surface area contributed by atoms with Crippen molar-refractivity contribution in [2.45, 2.75) is 31.8 Å². The molecule has 3 heterocycles. The van der Waals surface area contributed by atoms with E-state index >= 15 is 0 Å². The zero-order chi connectivity index (χ0) is 24.1. The summed E-state index contributed by atoms with van der Waals surface area (Å²) >= 11 is 1.60. The van der Waals surface area contributed by atoms with Gasteiger partial charge in [-0.05, 0) is 49.6 Å². The summed E-state index contributed by atoms with van der Waals surface area (Å²) in [4.78, 5) is 17.2. The Hall–Kier alpha value is -3.36. The Labute approximate surface area is 208 Å². The Morgan fingerprint density at radius 1 is 1.17 bits per heavy atom. The van der Waals surface area contributed by atoms with Gasteiger partial charge >= 0.3 is 0 Å². The average Bonchev–Trinajstić information content (AvgIpc) is 3.54. The van der Waals surface area contributed by atoms with Crippen LogP contribution in [0.4, 0.5) is 0 Å². The number of carbonyl (C=O) groups is 1. The van der Waals surface area contributed by atoms with E-state index in [1.54, 1.807) is 23.5 Å². The Morgan fingerprint density at radius 2 is 2.00 bits per heavy atom. The summed E-state index contributed by atoms with van der Waals surface area (Å²) in [5, 5.41) is 6.11. The highest BCUT2D eigenvalue weighted by Gasteiger charge is 2.36. The monoisotopic (exact) mass is 492 g/mol. The zero-order valence-corrected chi connectivity index (χ0v) is 20.4. The maximum absolute atomic E-state index is 12.8. The SMILES string of the molecule is Cc1nc(COc2ccccc2/C=C/C(=O)NCC2(c3ccc4c(c3)OCO4)CCOCC2)cs1. The number of aryl methyl sites for hydroxylation is 1. The number of hydrogen-bond acceptors (Lipinski definition) is 7. The van der Waals surface area contributed by atoms with Gasteiger partial charge in [0.25, 0.3) is 0 Å². The maximum Gasteiger partial charge on any atom is 0.244 e. The first-order valence-electron chi connectivity index (χ1n) is 11.7. The largest absolute Gasteiger partial charge is 0.487 e. The summed E-state index contributed by atoms with van der Waals surface area (Å²) in [6.45, 7) is 4.43. The minimum Gasteiger partial charge on any atom is -0.487 e. The van der Waals surface area contributed by atoms with Crippen LogP contribution in [0.2, 0.25) is 0 Å². The number of amides is 1. The second kappa shape index (κ2) is 10.5. The molecule has 35 heavy (non-hydrogen) atoms. The maximum atomic E-state index is 12.8. The molecule has 2 aliphatic heterocycles. The summed E-state index contributed by atoms with van der Waals surface area (Å²) in [6.07, 6.45) is 4.99. The molecule has 0 spiro atoms. The Bertz CT molecular complexity index is 1220. The molecule has 2 aliphatic rings. The van der Waals surface area contributed by atoms with Crippen LogP contribution in [-0.2, 0) is 21.6 Å². The number of carbonyl (C=O) groups excluding carboxylic acids is 1. The lowest BCUT2D eigenvalue weighted by Gasteiger charge is -2.38. The molecule has 5 rings (SSSR count). The molecule has 1 N–H and O–H groups in total. The van der Waals surface area contributed by atoms with Crippen molar-refractivity contribution in [3.8, 4) is 17.2 Å². The van der Waals surface area contributed by atoms with Crippen LogP contribution in [0.15, 0.2) is 53.9 Å². The lowest BCUT2D eigenvalue weighted by Crippen LogP contribution is -2.44. The minimum absolute atomic E-state index is 0.151. The quantitative estimate of drug-likeness (QED) is 0.462. The topological polar surface area (TPSA) is 78.9 Å². The number of hydrogen-bond donors (Lipinski definition) is 1. The molecule has 1 aromatic heterocycles. The summed E-state index contributed by atoms with van der Waals surface area (Å²) in [5.41, 5.74) is 2.65. The summed E-state index contributed by atoms with van der Waals surface area (Å²) < 4.78 is 22.6. The van der Waals surface area contributed by atoms with Gasteiger partial charge in [0.2, 0.25) is 12.7 Å². The fourth-order valence-corrected chi connectivity index (χ4v) is 5.01. The Balaban J connectivity index is 1.24. The lowest BCUT2D eigenvalue weighted by atomic mass is 9.74. The number of para-hydroxylation sites is 1. The van der Waals surface area contributed by atoms with Gasteiger partial charge in [-0.3, -0.25) is 4.79 Å². The minimum atomic E-state index is -0.213. The van der Waals surface area contributed by atoms with Gasteiger partial charge in [-0.1, -0.05) is 24.3 Å². The molecule has 7 nitrogen and oxygen atoms in total. The highest BCUT2D eigenvalue weighted by Crippen LogP contribution is 2.40.